The highest BCUT2D eigenvalue weighted by Gasteiger charge is 2.56. The number of para-hydroxylation sites is 1. The molecule has 202 valence electrons. The summed E-state index contributed by atoms with van der Waals surface area (Å²) in [4.78, 5) is 54.1. The van der Waals surface area contributed by atoms with Gasteiger partial charge in [0.2, 0.25) is 5.91 Å². The number of fused-ring (bicyclic) bond motifs is 4. The van der Waals surface area contributed by atoms with Crippen LogP contribution in [-0.4, -0.2) is 46.6 Å². The Morgan fingerprint density at radius 1 is 1.13 bits per heavy atom. The van der Waals surface area contributed by atoms with Gasteiger partial charge in [0, 0.05) is 42.5 Å². The molecule has 2 aromatic rings. The van der Waals surface area contributed by atoms with Crippen molar-refractivity contribution in [3.8, 4) is 17.2 Å². The second-order valence-electron chi connectivity index (χ2n) is 10.3. The molecular weight excluding hydrogens is 500 g/mol. The third-order valence-corrected chi connectivity index (χ3v) is 7.90. The molecule has 1 amide bonds. The number of hydrogen-bond acceptors (Lipinski definition) is 8. The molecule has 1 atom stereocenters. The quantitative estimate of drug-likeness (QED) is 0.304. The van der Waals surface area contributed by atoms with E-state index in [0.29, 0.717) is 12.2 Å². The summed E-state index contributed by atoms with van der Waals surface area (Å²) in [5, 5.41) is 24.5. The smallest absolute Gasteiger partial charge is 0.228 e. The Balaban J connectivity index is 1.42. The third-order valence-electron chi connectivity index (χ3n) is 7.90. The van der Waals surface area contributed by atoms with Crippen molar-refractivity contribution in [3.63, 3.8) is 0 Å². The van der Waals surface area contributed by atoms with Gasteiger partial charge in [-0.05, 0) is 52.2 Å². The van der Waals surface area contributed by atoms with Gasteiger partial charge in [0.25, 0.3) is 0 Å². The number of Topliss-reactive ketones (excluding diaryl/α,β-unsaturated/α-hetero) is 2. The molecule has 0 spiro atoms. The Hall–Kier alpha value is -4.40. The molecule has 2 aliphatic heterocycles. The molecule has 3 N–H and O–H groups in total. The number of amides is 1. The number of carbonyl (C=O) groups excluding carboxylic acids is 4. The number of benzene rings is 2. The number of hydrogen-bond donors (Lipinski definition) is 3. The van der Waals surface area contributed by atoms with E-state index in [1.807, 2.05) is 24.3 Å². The minimum atomic E-state index is -1.58. The highest BCUT2D eigenvalue weighted by molar-refractivity contribution is 6.31. The molecule has 9 heteroatoms. The van der Waals surface area contributed by atoms with Gasteiger partial charge in [-0.1, -0.05) is 18.2 Å². The number of ketones is 3. The molecule has 5 rings (SSSR count). The maximum atomic E-state index is 13.9. The third kappa shape index (κ3) is 3.91. The lowest BCUT2D eigenvalue weighted by atomic mass is 9.70. The highest BCUT2D eigenvalue weighted by Crippen LogP contribution is 2.57. The van der Waals surface area contributed by atoms with Crippen LogP contribution in [0.4, 0.5) is 5.69 Å². The number of allylic oxidation sites excluding steroid dienone is 4. The predicted octanol–water partition coefficient (Wildman–Crippen LogP) is 3.53. The van der Waals surface area contributed by atoms with Crippen molar-refractivity contribution in [2.75, 3.05) is 18.0 Å². The number of rotatable bonds is 5. The number of ether oxygens (including phenoxy) is 1. The Labute approximate surface area is 225 Å². The maximum absolute atomic E-state index is 13.9. The molecule has 1 aliphatic carbocycles. The topological polar surface area (TPSA) is 133 Å². The lowest BCUT2D eigenvalue weighted by Crippen LogP contribution is -2.41. The van der Waals surface area contributed by atoms with E-state index in [1.165, 1.54) is 26.8 Å². The first kappa shape index (κ1) is 26.2. The van der Waals surface area contributed by atoms with Crippen LogP contribution in [-0.2, 0) is 26.2 Å². The van der Waals surface area contributed by atoms with Gasteiger partial charge in [-0.25, -0.2) is 0 Å². The van der Waals surface area contributed by atoms with Crippen molar-refractivity contribution < 1.29 is 34.1 Å². The van der Waals surface area contributed by atoms with Crippen molar-refractivity contribution in [1.29, 1.82) is 0 Å². The van der Waals surface area contributed by atoms with E-state index in [2.05, 4.69) is 5.32 Å². The normalized spacial score (nSPS) is 20.9. The first-order chi connectivity index (χ1) is 18.5. The number of phenolic OH excluding ortho intramolecular Hbond substituents is 2. The number of aryl methyl sites for hydroxylation is 1. The van der Waals surface area contributed by atoms with E-state index in [-0.39, 0.29) is 58.4 Å². The lowest BCUT2D eigenvalue weighted by Gasteiger charge is -2.30. The van der Waals surface area contributed by atoms with Crippen LogP contribution in [0.25, 0.3) is 0 Å². The number of aromatic hydroxyl groups is 2. The fourth-order valence-electron chi connectivity index (χ4n) is 5.74. The number of nitrogens with one attached hydrogen (secondary N) is 1. The van der Waals surface area contributed by atoms with Crippen molar-refractivity contribution in [3.05, 3.63) is 69.6 Å². The van der Waals surface area contributed by atoms with Crippen LogP contribution in [0.3, 0.4) is 0 Å². The van der Waals surface area contributed by atoms with Crippen LogP contribution < -0.4 is 15.0 Å². The Morgan fingerprint density at radius 2 is 1.85 bits per heavy atom. The minimum Gasteiger partial charge on any atom is -0.507 e. The van der Waals surface area contributed by atoms with Crippen molar-refractivity contribution in [2.45, 2.75) is 52.4 Å². The van der Waals surface area contributed by atoms with Crippen LogP contribution >= 0.6 is 0 Å². The Morgan fingerprint density at radius 3 is 2.56 bits per heavy atom. The van der Waals surface area contributed by atoms with Crippen LogP contribution in [0, 0.1) is 6.92 Å². The summed E-state index contributed by atoms with van der Waals surface area (Å²) >= 11 is 0. The van der Waals surface area contributed by atoms with Gasteiger partial charge >= 0.3 is 0 Å². The van der Waals surface area contributed by atoms with Gasteiger partial charge in [0.05, 0.1) is 11.1 Å². The minimum absolute atomic E-state index is 0.0224. The molecule has 2 heterocycles. The monoisotopic (exact) mass is 530 g/mol. The molecule has 39 heavy (non-hydrogen) atoms. The molecule has 0 unspecified atom stereocenters. The lowest BCUT2D eigenvalue weighted by molar-refractivity contribution is -0.123. The first-order valence-corrected chi connectivity index (χ1v) is 12.9. The van der Waals surface area contributed by atoms with E-state index >= 15 is 0 Å². The molecule has 9 nitrogen and oxygen atoms in total. The molecule has 0 aromatic heterocycles. The average Bonchev–Trinajstić information content (AvgIpc) is 3.19. The largest absolute Gasteiger partial charge is 0.507 e. The Bertz CT molecular complexity index is 1530. The van der Waals surface area contributed by atoms with Gasteiger partial charge < -0.3 is 25.2 Å². The second-order valence-corrected chi connectivity index (χ2v) is 10.3. The summed E-state index contributed by atoms with van der Waals surface area (Å²) in [7, 11) is 0. The fourth-order valence-corrected chi connectivity index (χ4v) is 5.74. The van der Waals surface area contributed by atoms with Crippen LogP contribution in [0.15, 0.2) is 47.4 Å². The highest BCUT2D eigenvalue weighted by atomic mass is 16.5. The molecule has 0 bridgehead atoms. The van der Waals surface area contributed by atoms with Crippen molar-refractivity contribution in [1.82, 2.24) is 5.32 Å². The Kier molecular flexibility index (Phi) is 6.33. The molecule has 2 aromatic carbocycles. The van der Waals surface area contributed by atoms with Crippen LogP contribution in [0.1, 0.15) is 60.7 Å². The fraction of sp³-hybridized carbons (Fsp3) is 0.333. The van der Waals surface area contributed by atoms with Crippen molar-refractivity contribution in [2.24, 2.45) is 0 Å². The second kappa shape index (κ2) is 9.41. The summed E-state index contributed by atoms with van der Waals surface area (Å²) < 4.78 is 5.79. The van der Waals surface area contributed by atoms with Gasteiger partial charge in [-0.3, -0.25) is 19.2 Å². The van der Waals surface area contributed by atoms with E-state index in [9.17, 15) is 29.4 Å². The average molecular weight is 531 g/mol. The van der Waals surface area contributed by atoms with Crippen molar-refractivity contribution >= 4 is 28.9 Å². The zero-order chi connectivity index (χ0) is 28.2. The summed E-state index contributed by atoms with van der Waals surface area (Å²) in [5.41, 5.74) is 0.557. The van der Waals surface area contributed by atoms with E-state index in [0.717, 1.165) is 24.1 Å². The summed E-state index contributed by atoms with van der Waals surface area (Å²) in [6.45, 7) is 6.63. The zero-order valence-electron chi connectivity index (χ0n) is 22.3. The number of carbonyl (C=O) groups is 4. The van der Waals surface area contributed by atoms with E-state index < -0.39 is 28.5 Å². The molecule has 0 saturated heterocycles. The number of nitrogens with zero attached hydrogens (tertiary/aromatic N) is 1. The number of anilines is 1. The summed E-state index contributed by atoms with van der Waals surface area (Å²) in [6.07, 6.45) is 3.15. The van der Waals surface area contributed by atoms with Gasteiger partial charge in [-0.15, -0.1) is 0 Å². The molecule has 0 radical (unpaired) electrons. The molecule has 0 saturated carbocycles. The number of phenols is 2. The standard InChI is InChI=1S/C30H30N2O7/c1-15-26(36)24(17(3)33)28-25(27(15)37)30(4)21(39-28)14-20(34)23(29(30)38)16(2)31-12-11-22(35)32-13-7-9-18-8-5-6-10-19(18)32/h5-6,8,10,14,31,36-37H,7,9,11-13H2,1-4H3/b23-16+/t30-/m1/s1. The molecular formula is C30H30N2O7. The summed E-state index contributed by atoms with van der Waals surface area (Å²) in [6, 6.07) is 7.83. The zero-order valence-corrected chi connectivity index (χ0v) is 22.3. The summed E-state index contributed by atoms with van der Waals surface area (Å²) in [5.74, 6) is -2.73. The van der Waals surface area contributed by atoms with E-state index in [4.69, 9.17) is 4.74 Å². The first-order valence-electron chi connectivity index (χ1n) is 12.9. The predicted molar refractivity (Wildman–Crippen MR) is 143 cm³/mol. The van der Waals surface area contributed by atoms with Gasteiger partial charge in [0.15, 0.2) is 17.3 Å². The van der Waals surface area contributed by atoms with Crippen LogP contribution in [0.5, 0.6) is 17.2 Å². The van der Waals surface area contributed by atoms with Crippen LogP contribution in [0.2, 0.25) is 0 Å². The van der Waals surface area contributed by atoms with Gasteiger partial charge in [0.1, 0.15) is 34.0 Å². The van der Waals surface area contributed by atoms with Gasteiger partial charge in [-0.2, -0.15) is 0 Å². The molecule has 3 aliphatic rings. The maximum Gasteiger partial charge on any atom is 0.228 e. The SMILES string of the molecule is CC(=O)c1c(O)c(C)c(O)c2c1OC1=CC(=O)/C(=C(/C)NCCC(=O)N3CCCc4ccccc43)C(=O)[C@]12C. The van der Waals surface area contributed by atoms with E-state index in [1.54, 1.807) is 11.8 Å². The molecule has 0 fully saturated rings.